The molecule has 0 saturated heterocycles. The Balaban J connectivity index is 2.67. The van der Waals surface area contributed by atoms with E-state index in [2.05, 4.69) is 38.3 Å². The molecule has 1 aromatic carbocycles. The molecule has 0 aliphatic carbocycles. The van der Waals surface area contributed by atoms with Gasteiger partial charge in [0.15, 0.2) is 0 Å². The number of thioether (sulfide) groups is 1. The summed E-state index contributed by atoms with van der Waals surface area (Å²) in [7, 11) is 0. The maximum atomic E-state index is 6.04. The van der Waals surface area contributed by atoms with Crippen molar-refractivity contribution in [1.29, 1.82) is 0 Å². The molecule has 102 valence electrons. The van der Waals surface area contributed by atoms with E-state index in [0.717, 1.165) is 37.4 Å². The molecule has 1 aromatic rings. The van der Waals surface area contributed by atoms with Crippen LogP contribution in [0.2, 0.25) is 0 Å². The van der Waals surface area contributed by atoms with E-state index in [9.17, 15) is 0 Å². The van der Waals surface area contributed by atoms with Crippen molar-refractivity contribution in [3.63, 3.8) is 0 Å². The Labute approximate surface area is 115 Å². The molecule has 0 saturated carbocycles. The van der Waals surface area contributed by atoms with Crippen LogP contribution in [0.3, 0.4) is 0 Å². The van der Waals surface area contributed by atoms with Crippen molar-refractivity contribution in [2.24, 2.45) is 5.73 Å². The summed E-state index contributed by atoms with van der Waals surface area (Å²) in [6.07, 6.45) is 5.12. The summed E-state index contributed by atoms with van der Waals surface area (Å²) in [6, 6.07) is 6.54. The molecule has 18 heavy (non-hydrogen) atoms. The number of rotatable bonds is 8. The minimum absolute atomic E-state index is 0.223. The highest BCUT2D eigenvalue weighted by Gasteiger charge is 2.10. The number of benzene rings is 1. The summed E-state index contributed by atoms with van der Waals surface area (Å²) in [5.41, 5.74) is 8.49. The fraction of sp³-hybridized carbons (Fsp3) is 0.600. The maximum absolute atomic E-state index is 6.04. The molecule has 0 aliphatic heterocycles. The minimum atomic E-state index is 0.223. The van der Waals surface area contributed by atoms with Gasteiger partial charge in [-0.25, -0.2) is 0 Å². The second-order valence-corrected chi connectivity index (χ2v) is 5.62. The van der Waals surface area contributed by atoms with Gasteiger partial charge in [0, 0.05) is 6.04 Å². The molecule has 0 radical (unpaired) electrons. The molecular weight excluding hydrogens is 242 g/mol. The van der Waals surface area contributed by atoms with Gasteiger partial charge in [-0.1, -0.05) is 25.1 Å². The quantitative estimate of drug-likeness (QED) is 0.733. The molecule has 0 spiro atoms. The Kier molecular flexibility index (Phi) is 7.21. The van der Waals surface area contributed by atoms with Gasteiger partial charge in [0.05, 0.1) is 6.61 Å². The highest BCUT2D eigenvalue weighted by Crippen LogP contribution is 2.25. The first kappa shape index (κ1) is 15.4. The smallest absolute Gasteiger partial charge is 0.125 e. The predicted molar refractivity (Wildman–Crippen MR) is 81.6 cm³/mol. The molecule has 0 aromatic heterocycles. The maximum Gasteiger partial charge on any atom is 0.125 e. The molecule has 2 N–H and O–H groups in total. The first-order valence-corrected chi connectivity index (χ1v) is 8.04. The van der Waals surface area contributed by atoms with Crippen LogP contribution in [-0.2, 0) is 6.42 Å². The zero-order valence-corrected chi connectivity index (χ0v) is 12.6. The van der Waals surface area contributed by atoms with E-state index in [4.69, 9.17) is 10.5 Å². The monoisotopic (exact) mass is 267 g/mol. The van der Waals surface area contributed by atoms with E-state index in [1.54, 1.807) is 0 Å². The van der Waals surface area contributed by atoms with Crippen molar-refractivity contribution < 1.29 is 4.74 Å². The number of para-hydroxylation sites is 1. The molecule has 2 nitrogen and oxygen atoms in total. The van der Waals surface area contributed by atoms with Crippen molar-refractivity contribution >= 4 is 11.8 Å². The van der Waals surface area contributed by atoms with Gasteiger partial charge in [0.25, 0.3) is 0 Å². The second kappa shape index (κ2) is 8.44. The molecular formula is C15H25NOS. The van der Waals surface area contributed by atoms with Crippen LogP contribution in [0.5, 0.6) is 5.75 Å². The fourth-order valence-electron chi connectivity index (χ4n) is 1.88. The number of hydrogen-bond acceptors (Lipinski definition) is 3. The topological polar surface area (TPSA) is 35.2 Å². The van der Waals surface area contributed by atoms with Crippen molar-refractivity contribution in [1.82, 2.24) is 0 Å². The van der Waals surface area contributed by atoms with Gasteiger partial charge in [0.1, 0.15) is 5.75 Å². The van der Waals surface area contributed by atoms with E-state index in [1.807, 2.05) is 11.8 Å². The van der Waals surface area contributed by atoms with Crippen molar-refractivity contribution in [2.75, 3.05) is 18.6 Å². The van der Waals surface area contributed by atoms with Gasteiger partial charge in [-0.05, 0) is 49.3 Å². The van der Waals surface area contributed by atoms with Crippen LogP contribution in [0.25, 0.3) is 0 Å². The largest absolute Gasteiger partial charge is 0.493 e. The van der Waals surface area contributed by atoms with Crippen molar-refractivity contribution in [2.45, 2.75) is 39.2 Å². The summed E-state index contributed by atoms with van der Waals surface area (Å²) in [4.78, 5) is 0. The van der Waals surface area contributed by atoms with Gasteiger partial charge in [-0.15, -0.1) is 0 Å². The summed E-state index contributed by atoms with van der Waals surface area (Å²) < 4.78 is 5.95. The van der Waals surface area contributed by atoms with Crippen molar-refractivity contribution in [3.8, 4) is 5.75 Å². The number of nitrogens with two attached hydrogens (primary N) is 1. The van der Waals surface area contributed by atoms with Crippen LogP contribution in [0, 0.1) is 6.92 Å². The third-order valence-corrected chi connectivity index (χ3v) is 3.74. The van der Waals surface area contributed by atoms with Gasteiger partial charge in [0.2, 0.25) is 0 Å². The number of ether oxygens (including phenoxy) is 1. The minimum Gasteiger partial charge on any atom is -0.493 e. The van der Waals surface area contributed by atoms with Crippen molar-refractivity contribution in [3.05, 3.63) is 29.3 Å². The van der Waals surface area contributed by atoms with Crippen LogP contribution >= 0.6 is 11.8 Å². The third-order valence-electron chi connectivity index (χ3n) is 3.04. The molecule has 1 rings (SSSR count). The molecule has 0 heterocycles. The Hall–Kier alpha value is -0.670. The second-order valence-electron chi connectivity index (χ2n) is 4.63. The zero-order chi connectivity index (χ0) is 13.4. The lowest BCUT2D eigenvalue weighted by molar-refractivity contribution is 0.312. The standard InChI is InChI=1S/C15H25NOS/c1-4-14(16)11-13-8-5-7-12(2)15(13)17-9-6-10-18-3/h5,7-8,14H,4,6,9-11,16H2,1-3H3. The molecule has 3 heteroatoms. The Morgan fingerprint density at radius 1 is 1.39 bits per heavy atom. The van der Waals surface area contributed by atoms with Gasteiger partial charge in [-0.2, -0.15) is 11.8 Å². The Morgan fingerprint density at radius 2 is 2.17 bits per heavy atom. The zero-order valence-electron chi connectivity index (χ0n) is 11.7. The molecule has 0 fully saturated rings. The average molecular weight is 267 g/mol. The lowest BCUT2D eigenvalue weighted by atomic mass is 10.0. The lowest BCUT2D eigenvalue weighted by Crippen LogP contribution is -2.22. The first-order valence-electron chi connectivity index (χ1n) is 6.64. The van der Waals surface area contributed by atoms with E-state index in [1.165, 1.54) is 11.1 Å². The molecule has 0 amide bonds. The summed E-state index contributed by atoms with van der Waals surface area (Å²) in [5, 5.41) is 0. The highest BCUT2D eigenvalue weighted by molar-refractivity contribution is 7.98. The molecule has 0 aliphatic rings. The third kappa shape index (κ3) is 4.91. The average Bonchev–Trinajstić information content (AvgIpc) is 2.37. The normalized spacial score (nSPS) is 12.4. The fourth-order valence-corrected chi connectivity index (χ4v) is 2.29. The lowest BCUT2D eigenvalue weighted by Gasteiger charge is -2.16. The van der Waals surface area contributed by atoms with E-state index in [-0.39, 0.29) is 6.04 Å². The predicted octanol–water partition coefficient (Wildman–Crippen LogP) is 3.41. The van der Waals surface area contributed by atoms with Gasteiger partial charge >= 0.3 is 0 Å². The van der Waals surface area contributed by atoms with Crippen LogP contribution in [0.1, 0.15) is 30.9 Å². The highest BCUT2D eigenvalue weighted by atomic mass is 32.2. The van der Waals surface area contributed by atoms with Crippen LogP contribution in [-0.4, -0.2) is 24.7 Å². The van der Waals surface area contributed by atoms with Gasteiger partial charge in [-0.3, -0.25) is 0 Å². The van der Waals surface area contributed by atoms with E-state index in [0.29, 0.717) is 0 Å². The SMILES string of the molecule is CCC(N)Cc1cccc(C)c1OCCCSC. The molecule has 0 bridgehead atoms. The Bertz CT molecular complexity index is 354. The Morgan fingerprint density at radius 3 is 2.83 bits per heavy atom. The van der Waals surface area contributed by atoms with E-state index >= 15 is 0 Å². The van der Waals surface area contributed by atoms with E-state index < -0.39 is 0 Å². The first-order chi connectivity index (χ1) is 8.69. The molecule has 1 atom stereocenters. The van der Waals surface area contributed by atoms with Crippen LogP contribution in [0.4, 0.5) is 0 Å². The van der Waals surface area contributed by atoms with Crippen LogP contribution < -0.4 is 10.5 Å². The molecule has 1 unspecified atom stereocenters. The van der Waals surface area contributed by atoms with Crippen LogP contribution in [0.15, 0.2) is 18.2 Å². The number of hydrogen-bond donors (Lipinski definition) is 1. The summed E-state index contributed by atoms with van der Waals surface area (Å²) in [5.74, 6) is 2.19. The summed E-state index contributed by atoms with van der Waals surface area (Å²) >= 11 is 1.86. The number of aryl methyl sites for hydroxylation is 1. The summed E-state index contributed by atoms with van der Waals surface area (Å²) in [6.45, 7) is 5.02. The van der Waals surface area contributed by atoms with Gasteiger partial charge < -0.3 is 10.5 Å².